The summed E-state index contributed by atoms with van der Waals surface area (Å²) in [5.74, 6) is -0.160. The number of carbonyl (C=O) groups excluding carboxylic acids is 1. The molecule has 1 aliphatic rings. The number of hydrogen-bond acceptors (Lipinski definition) is 2. The van der Waals surface area contributed by atoms with Crippen LogP contribution in [0, 0.1) is 0 Å². The van der Waals surface area contributed by atoms with Crippen LogP contribution in [0.15, 0.2) is 9.98 Å². The van der Waals surface area contributed by atoms with Crippen LogP contribution in [0.2, 0.25) is 0 Å². The highest BCUT2D eigenvalue weighted by atomic mass is 16.1. The van der Waals surface area contributed by atoms with Crippen molar-refractivity contribution in [3.63, 3.8) is 0 Å². The maximum absolute atomic E-state index is 10.5. The third-order valence-corrected chi connectivity index (χ3v) is 0.936. The van der Waals surface area contributed by atoms with Crippen molar-refractivity contribution in [3.05, 3.63) is 0 Å². The van der Waals surface area contributed by atoms with Gasteiger partial charge in [0.25, 0.3) is 5.91 Å². The lowest BCUT2D eigenvalue weighted by Crippen LogP contribution is -2.15. The summed E-state index contributed by atoms with van der Waals surface area (Å²) in [6.07, 6.45) is 2.94. The summed E-state index contributed by atoms with van der Waals surface area (Å²) in [6.45, 7) is 1.72. The summed E-state index contributed by atoms with van der Waals surface area (Å²) in [4.78, 5) is 17.8. The molecule has 1 atom stereocenters. The Hall–Kier alpha value is -0.990. The standard InChI is InChI=1S/C5H6N2O/c1-4-5(8)7-3-2-6-4/h2-4H,1H3. The minimum atomic E-state index is -0.264. The molecule has 0 bridgehead atoms. The molecule has 8 heavy (non-hydrogen) atoms. The van der Waals surface area contributed by atoms with Crippen LogP contribution in [-0.2, 0) is 4.79 Å². The van der Waals surface area contributed by atoms with Crippen molar-refractivity contribution in [1.29, 1.82) is 0 Å². The van der Waals surface area contributed by atoms with Gasteiger partial charge >= 0.3 is 0 Å². The summed E-state index contributed by atoms with van der Waals surface area (Å²) in [6, 6.07) is -0.264. The van der Waals surface area contributed by atoms with Gasteiger partial charge in [-0.1, -0.05) is 0 Å². The molecule has 42 valence electrons. The molecular formula is C5H6N2O. The zero-order valence-corrected chi connectivity index (χ0v) is 4.53. The average molecular weight is 110 g/mol. The Kier molecular flexibility index (Phi) is 1.20. The molecule has 0 saturated carbocycles. The Morgan fingerprint density at radius 1 is 1.62 bits per heavy atom. The second-order valence-electron chi connectivity index (χ2n) is 1.59. The lowest BCUT2D eigenvalue weighted by atomic mass is 10.3. The average Bonchev–Trinajstić information content (AvgIpc) is 1.77. The zero-order chi connectivity index (χ0) is 5.98. The molecule has 0 aromatic carbocycles. The van der Waals surface area contributed by atoms with Crippen molar-refractivity contribution in [2.45, 2.75) is 13.0 Å². The van der Waals surface area contributed by atoms with Gasteiger partial charge in [0, 0.05) is 12.4 Å². The van der Waals surface area contributed by atoms with E-state index in [0.717, 1.165) is 0 Å². The second-order valence-corrected chi connectivity index (χ2v) is 1.59. The molecule has 0 aliphatic carbocycles. The van der Waals surface area contributed by atoms with E-state index in [0.29, 0.717) is 0 Å². The normalized spacial score (nSPS) is 26.6. The number of amides is 1. The quantitative estimate of drug-likeness (QED) is 0.434. The first kappa shape index (κ1) is 5.15. The van der Waals surface area contributed by atoms with E-state index in [2.05, 4.69) is 9.98 Å². The topological polar surface area (TPSA) is 41.8 Å². The smallest absolute Gasteiger partial charge is 0.270 e. The van der Waals surface area contributed by atoms with Gasteiger partial charge in [0.15, 0.2) is 0 Å². The Labute approximate surface area is 47.1 Å². The van der Waals surface area contributed by atoms with Crippen LogP contribution in [0.5, 0.6) is 0 Å². The van der Waals surface area contributed by atoms with Crippen molar-refractivity contribution < 1.29 is 4.79 Å². The predicted octanol–water partition coefficient (Wildman–Crippen LogP) is 0.0567. The first-order valence-corrected chi connectivity index (χ1v) is 2.40. The largest absolute Gasteiger partial charge is 0.279 e. The predicted molar refractivity (Wildman–Crippen MR) is 31.5 cm³/mol. The Bertz CT molecular complexity index is 160. The van der Waals surface area contributed by atoms with Crippen LogP contribution in [0.25, 0.3) is 0 Å². The van der Waals surface area contributed by atoms with Gasteiger partial charge in [-0.25, -0.2) is 4.99 Å². The van der Waals surface area contributed by atoms with Gasteiger partial charge in [-0.05, 0) is 6.92 Å². The van der Waals surface area contributed by atoms with Crippen molar-refractivity contribution in [2.24, 2.45) is 9.98 Å². The molecule has 0 radical (unpaired) electrons. The van der Waals surface area contributed by atoms with E-state index >= 15 is 0 Å². The van der Waals surface area contributed by atoms with Crippen LogP contribution in [0.1, 0.15) is 6.92 Å². The summed E-state index contributed by atoms with van der Waals surface area (Å²) in [5, 5.41) is 0. The highest BCUT2D eigenvalue weighted by Gasteiger charge is 2.09. The number of aliphatic imine (C=N–C) groups is 2. The highest BCUT2D eigenvalue weighted by molar-refractivity contribution is 6.21. The lowest BCUT2D eigenvalue weighted by molar-refractivity contribution is -0.118. The third kappa shape index (κ3) is 0.804. The SMILES string of the molecule is CC1N=CC=NC1=O. The fraction of sp³-hybridized carbons (Fsp3) is 0.400. The Morgan fingerprint density at radius 2 is 2.38 bits per heavy atom. The summed E-state index contributed by atoms with van der Waals surface area (Å²) < 4.78 is 0. The van der Waals surface area contributed by atoms with E-state index in [9.17, 15) is 4.79 Å². The maximum atomic E-state index is 10.5. The first-order valence-electron chi connectivity index (χ1n) is 2.40. The highest BCUT2D eigenvalue weighted by Crippen LogP contribution is 1.93. The minimum Gasteiger partial charge on any atom is -0.279 e. The van der Waals surface area contributed by atoms with E-state index in [4.69, 9.17) is 0 Å². The molecule has 0 saturated heterocycles. The second kappa shape index (κ2) is 1.86. The van der Waals surface area contributed by atoms with Crippen LogP contribution in [-0.4, -0.2) is 24.4 Å². The lowest BCUT2D eigenvalue weighted by Gasteiger charge is -2.00. The summed E-state index contributed by atoms with van der Waals surface area (Å²) in [7, 11) is 0. The Morgan fingerprint density at radius 3 is 2.75 bits per heavy atom. The molecule has 0 aromatic rings. The van der Waals surface area contributed by atoms with Gasteiger partial charge < -0.3 is 0 Å². The fourth-order valence-corrected chi connectivity index (χ4v) is 0.446. The number of hydrogen-bond donors (Lipinski definition) is 0. The van der Waals surface area contributed by atoms with E-state index in [1.54, 1.807) is 6.92 Å². The molecular weight excluding hydrogens is 104 g/mol. The van der Waals surface area contributed by atoms with Crippen molar-refractivity contribution in [2.75, 3.05) is 0 Å². The molecule has 1 amide bonds. The van der Waals surface area contributed by atoms with Crippen molar-refractivity contribution in [3.8, 4) is 0 Å². The Balaban J connectivity index is 2.74. The van der Waals surface area contributed by atoms with Crippen LogP contribution < -0.4 is 0 Å². The van der Waals surface area contributed by atoms with Gasteiger partial charge in [-0.2, -0.15) is 0 Å². The van der Waals surface area contributed by atoms with Crippen LogP contribution in [0.4, 0.5) is 0 Å². The number of carbonyl (C=O) groups is 1. The van der Waals surface area contributed by atoms with Crippen molar-refractivity contribution in [1.82, 2.24) is 0 Å². The fourth-order valence-electron chi connectivity index (χ4n) is 0.446. The van der Waals surface area contributed by atoms with Crippen LogP contribution in [0.3, 0.4) is 0 Å². The molecule has 0 N–H and O–H groups in total. The monoisotopic (exact) mass is 110 g/mol. The molecule has 0 spiro atoms. The molecule has 1 heterocycles. The molecule has 3 heteroatoms. The first-order chi connectivity index (χ1) is 3.80. The molecule has 1 rings (SSSR count). The van der Waals surface area contributed by atoms with E-state index in [1.807, 2.05) is 0 Å². The molecule has 0 fully saturated rings. The molecule has 3 nitrogen and oxygen atoms in total. The van der Waals surface area contributed by atoms with Crippen LogP contribution >= 0.6 is 0 Å². The number of nitrogens with zero attached hydrogens (tertiary/aromatic N) is 2. The van der Waals surface area contributed by atoms with Gasteiger partial charge in [-0.3, -0.25) is 9.79 Å². The molecule has 1 aliphatic heterocycles. The minimum absolute atomic E-state index is 0.160. The van der Waals surface area contributed by atoms with Gasteiger partial charge in [0.05, 0.1) is 0 Å². The van der Waals surface area contributed by atoms with Gasteiger partial charge in [0.2, 0.25) is 0 Å². The summed E-state index contributed by atoms with van der Waals surface area (Å²) in [5.41, 5.74) is 0. The zero-order valence-electron chi connectivity index (χ0n) is 4.53. The maximum Gasteiger partial charge on any atom is 0.270 e. The van der Waals surface area contributed by atoms with E-state index in [1.165, 1.54) is 12.4 Å². The van der Waals surface area contributed by atoms with Gasteiger partial charge in [-0.15, -0.1) is 0 Å². The molecule has 0 aromatic heterocycles. The third-order valence-electron chi connectivity index (χ3n) is 0.936. The molecule has 1 unspecified atom stereocenters. The van der Waals surface area contributed by atoms with Crippen molar-refractivity contribution >= 4 is 18.3 Å². The van der Waals surface area contributed by atoms with E-state index < -0.39 is 0 Å². The number of rotatable bonds is 0. The van der Waals surface area contributed by atoms with Gasteiger partial charge in [0.1, 0.15) is 6.04 Å². The van der Waals surface area contributed by atoms with E-state index in [-0.39, 0.29) is 11.9 Å². The summed E-state index contributed by atoms with van der Waals surface area (Å²) >= 11 is 0.